The first-order chi connectivity index (χ1) is 5.59. The number of nitrogen functional groups attached to an aromatic ring is 1. The molecule has 0 bridgehead atoms. The highest BCUT2D eigenvalue weighted by Crippen LogP contribution is 2.16. The van der Waals surface area contributed by atoms with Gasteiger partial charge in [-0.05, 0) is 22.0 Å². The lowest BCUT2D eigenvalue weighted by Crippen LogP contribution is -2.01. The van der Waals surface area contributed by atoms with Crippen molar-refractivity contribution >= 4 is 32.8 Å². The van der Waals surface area contributed by atoms with Crippen molar-refractivity contribution in [1.29, 1.82) is 0 Å². The highest BCUT2D eigenvalue weighted by molar-refractivity contribution is 9.10. The third-order valence-electron chi connectivity index (χ3n) is 1.24. The van der Waals surface area contributed by atoms with Crippen molar-refractivity contribution in [1.82, 2.24) is 4.98 Å². The molecule has 1 atom stereocenters. The molecule has 0 aromatic carbocycles. The Hall–Kier alpha value is -0.460. The normalized spacial score (nSPS) is 12.8. The number of hydrogen-bond donors (Lipinski definition) is 1. The quantitative estimate of drug-likeness (QED) is 0.787. The smallest absolute Gasteiger partial charge is 0.127 e. The largest absolute Gasteiger partial charge is 0.772 e. The highest BCUT2D eigenvalue weighted by Gasteiger charge is 2.00. The van der Waals surface area contributed by atoms with Gasteiger partial charge in [0.25, 0.3) is 0 Å². The second kappa shape index (κ2) is 3.97. The molecule has 66 valence electrons. The fourth-order valence-electron chi connectivity index (χ4n) is 0.734. The molecule has 1 unspecified atom stereocenters. The van der Waals surface area contributed by atoms with Gasteiger partial charge < -0.3 is 10.3 Å². The summed E-state index contributed by atoms with van der Waals surface area (Å²) < 4.78 is 21.4. The van der Waals surface area contributed by atoms with Crippen molar-refractivity contribution in [2.24, 2.45) is 0 Å². The number of anilines is 1. The van der Waals surface area contributed by atoms with Crippen LogP contribution in [0.3, 0.4) is 0 Å². The first-order valence-electron chi connectivity index (χ1n) is 3.05. The van der Waals surface area contributed by atoms with E-state index in [-0.39, 0.29) is 11.6 Å². The monoisotopic (exact) mass is 249 g/mol. The van der Waals surface area contributed by atoms with Gasteiger partial charge in [-0.2, -0.15) is 0 Å². The first-order valence-corrected chi connectivity index (χ1v) is 5.09. The Morgan fingerprint density at radius 3 is 3.00 bits per heavy atom. The summed E-state index contributed by atoms with van der Waals surface area (Å²) in [5, 5.41) is 0. The Labute approximate surface area is 80.6 Å². The van der Waals surface area contributed by atoms with Crippen molar-refractivity contribution in [3.63, 3.8) is 0 Å². The molecule has 0 spiro atoms. The molecule has 4 nitrogen and oxygen atoms in total. The van der Waals surface area contributed by atoms with Crippen LogP contribution in [0.2, 0.25) is 0 Å². The lowest BCUT2D eigenvalue weighted by molar-refractivity contribution is 0.536. The van der Waals surface area contributed by atoms with Gasteiger partial charge in [-0.25, -0.2) is 4.98 Å². The van der Waals surface area contributed by atoms with Crippen molar-refractivity contribution in [2.75, 3.05) is 5.73 Å². The summed E-state index contributed by atoms with van der Waals surface area (Å²) in [5.41, 5.74) is 5.94. The van der Waals surface area contributed by atoms with Gasteiger partial charge >= 0.3 is 0 Å². The minimum absolute atomic E-state index is 0.0989. The minimum Gasteiger partial charge on any atom is -0.772 e. The predicted molar refractivity (Wildman–Crippen MR) is 49.0 cm³/mol. The van der Waals surface area contributed by atoms with Crippen molar-refractivity contribution in [2.45, 2.75) is 5.75 Å². The molecule has 0 aliphatic rings. The van der Waals surface area contributed by atoms with E-state index in [9.17, 15) is 8.76 Å². The standard InChI is InChI=1S/C6H7BrN2O2S/c7-5-1-4(3-12(10)11)6(8)9-2-5/h1-2H,3H2,(H2,8,9)(H,10,11)/p-1. The fraction of sp³-hybridized carbons (Fsp3) is 0.167. The third kappa shape index (κ3) is 2.54. The van der Waals surface area contributed by atoms with E-state index >= 15 is 0 Å². The molecule has 0 saturated carbocycles. The van der Waals surface area contributed by atoms with Crippen LogP contribution in [0.4, 0.5) is 5.82 Å². The van der Waals surface area contributed by atoms with E-state index in [0.717, 1.165) is 4.47 Å². The molecule has 0 amide bonds. The molecule has 1 rings (SSSR count). The molecule has 1 heterocycles. The van der Waals surface area contributed by atoms with E-state index < -0.39 is 11.1 Å². The highest BCUT2D eigenvalue weighted by atomic mass is 79.9. The summed E-state index contributed by atoms with van der Waals surface area (Å²) in [6.07, 6.45) is 1.52. The number of nitrogens with two attached hydrogens (primary N) is 1. The maximum absolute atomic E-state index is 10.3. The average Bonchev–Trinajstić information content (AvgIpc) is 1.96. The Morgan fingerprint density at radius 2 is 2.42 bits per heavy atom. The number of rotatable bonds is 2. The molecule has 0 aliphatic carbocycles. The molecule has 0 saturated heterocycles. The summed E-state index contributed by atoms with van der Waals surface area (Å²) in [4.78, 5) is 3.79. The SMILES string of the molecule is Nc1ncc(Br)cc1CS(=O)[O-]. The summed E-state index contributed by atoms with van der Waals surface area (Å²) >= 11 is 1.04. The van der Waals surface area contributed by atoms with Gasteiger partial charge in [0, 0.05) is 22.0 Å². The zero-order valence-electron chi connectivity index (χ0n) is 5.99. The Morgan fingerprint density at radius 1 is 1.75 bits per heavy atom. The Bertz CT molecular complexity index is 318. The molecule has 12 heavy (non-hydrogen) atoms. The second-order valence-electron chi connectivity index (χ2n) is 2.15. The van der Waals surface area contributed by atoms with E-state index in [2.05, 4.69) is 20.9 Å². The number of halogens is 1. The van der Waals surface area contributed by atoms with E-state index in [1.54, 1.807) is 6.07 Å². The van der Waals surface area contributed by atoms with E-state index in [0.29, 0.717) is 5.56 Å². The fourth-order valence-corrected chi connectivity index (χ4v) is 1.60. The van der Waals surface area contributed by atoms with Gasteiger partial charge in [0.2, 0.25) is 0 Å². The Balaban J connectivity index is 2.97. The summed E-state index contributed by atoms with van der Waals surface area (Å²) in [6.45, 7) is 0. The van der Waals surface area contributed by atoms with Gasteiger partial charge in [0.1, 0.15) is 5.82 Å². The van der Waals surface area contributed by atoms with Crippen LogP contribution in [0.1, 0.15) is 5.56 Å². The van der Waals surface area contributed by atoms with Gasteiger partial charge in [0.05, 0.1) is 0 Å². The van der Waals surface area contributed by atoms with Gasteiger partial charge in [0.15, 0.2) is 0 Å². The lowest BCUT2D eigenvalue weighted by Gasteiger charge is -2.06. The van der Waals surface area contributed by atoms with Crippen LogP contribution < -0.4 is 5.73 Å². The molecule has 2 N–H and O–H groups in total. The van der Waals surface area contributed by atoms with Crippen LogP contribution in [0.25, 0.3) is 0 Å². The van der Waals surface area contributed by atoms with Crippen LogP contribution in [-0.2, 0) is 16.8 Å². The Kier molecular flexibility index (Phi) is 3.19. The topological polar surface area (TPSA) is 79.0 Å². The maximum atomic E-state index is 10.3. The zero-order chi connectivity index (χ0) is 9.14. The third-order valence-corrected chi connectivity index (χ3v) is 2.22. The van der Waals surface area contributed by atoms with Gasteiger partial charge in [-0.3, -0.25) is 4.21 Å². The maximum Gasteiger partial charge on any atom is 0.127 e. The van der Waals surface area contributed by atoms with Crippen molar-refractivity contribution in [3.05, 3.63) is 22.3 Å². The van der Waals surface area contributed by atoms with Crippen molar-refractivity contribution < 1.29 is 8.76 Å². The second-order valence-corrected chi connectivity index (χ2v) is 3.96. The summed E-state index contributed by atoms with van der Waals surface area (Å²) in [7, 11) is 0. The molecule has 1 aromatic heterocycles. The number of aromatic nitrogens is 1. The number of nitrogens with zero attached hydrogens (tertiary/aromatic N) is 1. The van der Waals surface area contributed by atoms with E-state index in [4.69, 9.17) is 5.73 Å². The predicted octanol–water partition coefficient (Wildman–Crippen LogP) is 0.805. The summed E-state index contributed by atoms with van der Waals surface area (Å²) in [5.74, 6) is 0.153. The molecule has 0 aliphatic heterocycles. The first kappa shape index (κ1) is 9.63. The summed E-state index contributed by atoms with van der Waals surface area (Å²) in [6, 6.07) is 1.64. The molecule has 0 radical (unpaired) electrons. The van der Waals surface area contributed by atoms with Gasteiger partial charge in [-0.1, -0.05) is 11.1 Å². The van der Waals surface area contributed by atoms with Crippen molar-refractivity contribution in [3.8, 4) is 0 Å². The molecular weight excluding hydrogens is 244 g/mol. The molecule has 6 heteroatoms. The molecular formula is C6H6BrN2O2S-. The average molecular weight is 250 g/mol. The molecule has 1 aromatic rings. The van der Waals surface area contributed by atoms with Crippen LogP contribution >= 0.6 is 15.9 Å². The zero-order valence-corrected chi connectivity index (χ0v) is 8.39. The van der Waals surface area contributed by atoms with Crippen LogP contribution in [-0.4, -0.2) is 13.7 Å². The number of pyridine rings is 1. The van der Waals surface area contributed by atoms with Crippen LogP contribution in [0.15, 0.2) is 16.7 Å². The minimum atomic E-state index is -2.13. The van der Waals surface area contributed by atoms with E-state index in [1.807, 2.05) is 0 Å². The number of hydrogen-bond acceptors (Lipinski definition) is 4. The van der Waals surface area contributed by atoms with Crippen LogP contribution in [0, 0.1) is 0 Å². The van der Waals surface area contributed by atoms with Crippen LogP contribution in [0.5, 0.6) is 0 Å². The van der Waals surface area contributed by atoms with E-state index in [1.165, 1.54) is 6.20 Å². The lowest BCUT2D eigenvalue weighted by atomic mass is 10.3. The van der Waals surface area contributed by atoms with Gasteiger partial charge in [-0.15, -0.1) is 0 Å². The molecule has 0 fully saturated rings.